The van der Waals surface area contributed by atoms with Gasteiger partial charge in [-0.2, -0.15) is 5.26 Å². The summed E-state index contributed by atoms with van der Waals surface area (Å²) in [6.45, 7) is 3.92. The Balaban J connectivity index is 1.61. The molecule has 0 heterocycles. The molecule has 0 aromatic heterocycles. The van der Waals surface area contributed by atoms with E-state index in [0.29, 0.717) is 29.3 Å². The highest BCUT2D eigenvalue weighted by atomic mass is 16.5. The summed E-state index contributed by atoms with van der Waals surface area (Å²) in [4.78, 5) is 23.5. The first-order valence-electron chi connectivity index (χ1n) is 10.0. The number of carbonyl (C=O) groups is 2. The number of benzene rings is 3. The summed E-state index contributed by atoms with van der Waals surface area (Å²) in [7, 11) is 0. The van der Waals surface area contributed by atoms with Crippen molar-refractivity contribution in [2.45, 2.75) is 20.5 Å². The Labute approximate surface area is 187 Å². The monoisotopic (exact) mass is 425 g/mol. The Hall–Kier alpha value is -4.37. The van der Waals surface area contributed by atoms with E-state index >= 15 is 0 Å². The standard InChI is InChI=1S/C26H23N3O3/c1-18-3-5-21(6-4-18)17-32-25-13-7-20(8-14-25)15-22(16-27)26(31)29-24-11-9-23(10-12-24)28-19(2)30/h3-15H,17H2,1-2H3,(H,28,30)(H,29,31)/b22-15+. The van der Waals surface area contributed by atoms with Gasteiger partial charge in [-0.3, -0.25) is 9.59 Å². The van der Waals surface area contributed by atoms with E-state index in [1.165, 1.54) is 18.6 Å². The van der Waals surface area contributed by atoms with Crippen LogP contribution < -0.4 is 15.4 Å². The van der Waals surface area contributed by atoms with E-state index in [4.69, 9.17) is 4.74 Å². The number of amides is 2. The van der Waals surface area contributed by atoms with Gasteiger partial charge in [0.15, 0.2) is 0 Å². The van der Waals surface area contributed by atoms with Crippen LogP contribution >= 0.6 is 0 Å². The molecule has 0 saturated carbocycles. The summed E-state index contributed by atoms with van der Waals surface area (Å²) in [6.07, 6.45) is 1.52. The summed E-state index contributed by atoms with van der Waals surface area (Å²) in [6, 6.07) is 23.9. The lowest BCUT2D eigenvalue weighted by Gasteiger charge is -2.08. The molecule has 0 atom stereocenters. The minimum absolute atomic E-state index is 0.0238. The van der Waals surface area contributed by atoms with Crippen LogP contribution in [-0.2, 0) is 16.2 Å². The molecule has 160 valence electrons. The lowest BCUT2D eigenvalue weighted by Crippen LogP contribution is -2.13. The summed E-state index contributed by atoms with van der Waals surface area (Å²) in [5, 5.41) is 14.7. The normalized spacial score (nSPS) is 10.7. The zero-order chi connectivity index (χ0) is 22.9. The number of anilines is 2. The van der Waals surface area contributed by atoms with Crippen LogP contribution in [0, 0.1) is 18.3 Å². The van der Waals surface area contributed by atoms with Crippen LogP contribution in [0.2, 0.25) is 0 Å². The predicted molar refractivity (Wildman–Crippen MR) is 125 cm³/mol. The minimum atomic E-state index is -0.514. The number of rotatable bonds is 7. The third-order valence-electron chi connectivity index (χ3n) is 4.55. The molecule has 0 spiro atoms. The minimum Gasteiger partial charge on any atom is -0.489 e. The van der Waals surface area contributed by atoms with Gasteiger partial charge in [-0.15, -0.1) is 0 Å². The summed E-state index contributed by atoms with van der Waals surface area (Å²) < 4.78 is 5.79. The summed E-state index contributed by atoms with van der Waals surface area (Å²) in [5.74, 6) is 0.00692. The van der Waals surface area contributed by atoms with Gasteiger partial charge in [-0.25, -0.2) is 0 Å². The second-order valence-corrected chi connectivity index (χ2v) is 7.23. The van der Waals surface area contributed by atoms with E-state index < -0.39 is 5.91 Å². The van der Waals surface area contributed by atoms with Gasteiger partial charge in [0, 0.05) is 18.3 Å². The average Bonchev–Trinajstić information content (AvgIpc) is 2.79. The van der Waals surface area contributed by atoms with Gasteiger partial charge in [-0.1, -0.05) is 42.0 Å². The molecule has 3 rings (SSSR count). The number of nitrogens with one attached hydrogen (secondary N) is 2. The fourth-order valence-corrected chi connectivity index (χ4v) is 2.87. The van der Waals surface area contributed by atoms with Crippen LogP contribution in [0.1, 0.15) is 23.6 Å². The highest BCUT2D eigenvalue weighted by Crippen LogP contribution is 2.18. The average molecular weight is 425 g/mol. The van der Waals surface area contributed by atoms with E-state index in [0.717, 1.165) is 5.56 Å². The van der Waals surface area contributed by atoms with Crippen molar-refractivity contribution in [1.82, 2.24) is 0 Å². The van der Waals surface area contributed by atoms with E-state index in [2.05, 4.69) is 10.6 Å². The zero-order valence-corrected chi connectivity index (χ0v) is 17.9. The van der Waals surface area contributed by atoms with Gasteiger partial charge in [0.05, 0.1) is 0 Å². The molecule has 0 saturated heterocycles. The number of hydrogen-bond acceptors (Lipinski definition) is 4. The van der Waals surface area contributed by atoms with Crippen LogP contribution in [-0.4, -0.2) is 11.8 Å². The molecule has 0 radical (unpaired) electrons. The zero-order valence-electron chi connectivity index (χ0n) is 17.9. The molecule has 0 aliphatic heterocycles. The van der Waals surface area contributed by atoms with Crippen LogP contribution in [0.3, 0.4) is 0 Å². The molecule has 0 aliphatic carbocycles. The molecule has 0 aliphatic rings. The lowest BCUT2D eigenvalue weighted by molar-refractivity contribution is -0.114. The van der Waals surface area contributed by atoms with Gasteiger partial charge in [-0.05, 0) is 60.5 Å². The quantitative estimate of drug-likeness (QED) is 0.408. The molecule has 3 aromatic carbocycles. The van der Waals surface area contributed by atoms with E-state index in [-0.39, 0.29) is 11.5 Å². The Bertz CT molecular complexity index is 1160. The Morgan fingerprint density at radius 1 is 0.906 bits per heavy atom. The predicted octanol–water partition coefficient (Wildman–Crippen LogP) is 5.08. The van der Waals surface area contributed by atoms with Gasteiger partial charge in [0.1, 0.15) is 24.0 Å². The maximum absolute atomic E-state index is 12.5. The number of hydrogen-bond donors (Lipinski definition) is 2. The van der Waals surface area contributed by atoms with Crippen molar-refractivity contribution in [2.24, 2.45) is 0 Å². The van der Waals surface area contributed by atoms with Crippen molar-refractivity contribution in [3.05, 3.63) is 95.1 Å². The molecule has 2 N–H and O–H groups in total. The molecular weight excluding hydrogens is 402 g/mol. The number of ether oxygens (including phenoxy) is 1. The molecule has 0 fully saturated rings. The van der Waals surface area contributed by atoms with Crippen molar-refractivity contribution in [3.63, 3.8) is 0 Å². The van der Waals surface area contributed by atoms with Crippen molar-refractivity contribution >= 4 is 29.3 Å². The van der Waals surface area contributed by atoms with Crippen molar-refractivity contribution in [2.75, 3.05) is 10.6 Å². The van der Waals surface area contributed by atoms with E-state index in [1.54, 1.807) is 48.5 Å². The second-order valence-electron chi connectivity index (χ2n) is 7.23. The highest BCUT2D eigenvalue weighted by molar-refractivity contribution is 6.09. The third-order valence-corrected chi connectivity index (χ3v) is 4.55. The molecular formula is C26H23N3O3. The first kappa shape index (κ1) is 22.3. The SMILES string of the molecule is CC(=O)Nc1ccc(NC(=O)/C(C#N)=C/c2ccc(OCc3ccc(C)cc3)cc2)cc1. The fraction of sp³-hybridized carbons (Fsp3) is 0.115. The first-order valence-corrected chi connectivity index (χ1v) is 10.0. The van der Waals surface area contributed by atoms with Crippen LogP contribution in [0.25, 0.3) is 6.08 Å². The number of nitrogens with zero attached hydrogens (tertiary/aromatic N) is 1. The molecule has 6 nitrogen and oxygen atoms in total. The molecule has 32 heavy (non-hydrogen) atoms. The fourth-order valence-electron chi connectivity index (χ4n) is 2.87. The first-order chi connectivity index (χ1) is 15.4. The number of carbonyl (C=O) groups excluding carboxylic acids is 2. The summed E-state index contributed by atoms with van der Waals surface area (Å²) >= 11 is 0. The maximum Gasteiger partial charge on any atom is 0.266 e. The maximum atomic E-state index is 12.5. The van der Waals surface area contributed by atoms with Crippen molar-refractivity contribution in [1.29, 1.82) is 5.26 Å². The van der Waals surface area contributed by atoms with Crippen molar-refractivity contribution in [3.8, 4) is 11.8 Å². The number of aryl methyl sites for hydroxylation is 1. The van der Waals surface area contributed by atoms with Gasteiger partial charge < -0.3 is 15.4 Å². The molecule has 3 aromatic rings. The largest absolute Gasteiger partial charge is 0.489 e. The highest BCUT2D eigenvalue weighted by Gasteiger charge is 2.10. The lowest BCUT2D eigenvalue weighted by atomic mass is 10.1. The van der Waals surface area contributed by atoms with Crippen LogP contribution in [0.5, 0.6) is 5.75 Å². The van der Waals surface area contributed by atoms with Gasteiger partial charge in [0.2, 0.25) is 5.91 Å². The topological polar surface area (TPSA) is 91.2 Å². The van der Waals surface area contributed by atoms with Crippen LogP contribution in [0.4, 0.5) is 11.4 Å². The molecule has 0 unspecified atom stereocenters. The van der Waals surface area contributed by atoms with E-state index in [1.807, 2.05) is 37.3 Å². The van der Waals surface area contributed by atoms with Crippen molar-refractivity contribution < 1.29 is 14.3 Å². The third kappa shape index (κ3) is 6.57. The Morgan fingerprint density at radius 3 is 2.06 bits per heavy atom. The smallest absolute Gasteiger partial charge is 0.266 e. The Kier molecular flexibility index (Phi) is 7.39. The molecule has 2 amide bonds. The second kappa shape index (κ2) is 10.6. The Morgan fingerprint density at radius 2 is 1.50 bits per heavy atom. The van der Waals surface area contributed by atoms with Crippen LogP contribution in [0.15, 0.2) is 78.4 Å². The van der Waals surface area contributed by atoms with Gasteiger partial charge >= 0.3 is 0 Å². The van der Waals surface area contributed by atoms with E-state index in [9.17, 15) is 14.9 Å². The molecule has 6 heteroatoms. The van der Waals surface area contributed by atoms with Gasteiger partial charge in [0.25, 0.3) is 5.91 Å². The molecule has 0 bridgehead atoms. The summed E-state index contributed by atoms with van der Waals surface area (Å²) in [5.41, 5.74) is 4.10. The number of nitriles is 1.